The minimum atomic E-state index is -1.37. The predicted octanol–water partition coefficient (Wildman–Crippen LogP) is 3.46. The number of aromatic carboxylic acids is 5. The summed E-state index contributed by atoms with van der Waals surface area (Å²) in [7, 11) is 0. The normalized spacial score (nSPS) is 9.88. The van der Waals surface area contributed by atoms with Crippen molar-refractivity contribution in [2.24, 2.45) is 0 Å². The number of hydrogen-bond acceptors (Lipinski definition) is 5. The van der Waals surface area contributed by atoms with Crippen molar-refractivity contribution in [2.75, 3.05) is 0 Å². The number of hydrogen-bond donors (Lipinski definition) is 5. The molecule has 0 atom stereocenters. The van der Waals surface area contributed by atoms with Gasteiger partial charge in [-0.3, -0.25) is 0 Å². The molecule has 0 radical (unpaired) electrons. The zero-order valence-corrected chi connectivity index (χ0v) is 17.3. The SMILES string of the molecule is O=C(O)c1cc(C(=O)O)cc(C(=O)O)c1.O=C(O)c1ccc(Cc2ccc(C(=O)O)cc2)cc1. The van der Waals surface area contributed by atoms with E-state index < -0.39 is 29.8 Å². The number of carboxylic acid groups (broad SMARTS) is 5. The van der Waals surface area contributed by atoms with Gasteiger partial charge in [-0.25, -0.2) is 24.0 Å². The Hall–Kier alpha value is -4.99. The topological polar surface area (TPSA) is 186 Å². The van der Waals surface area contributed by atoms with Crippen LogP contribution in [0, 0.1) is 0 Å². The van der Waals surface area contributed by atoms with E-state index in [0.717, 1.165) is 29.3 Å². The summed E-state index contributed by atoms with van der Waals surface area (Å²) >= 11 is 0. The molecular weight excluding hydrogens is 448 g/mol. The van der Waals surface area contributed by atoms with E-state index in [9.17, 15) is 24.0 Å². The van der Waals surface area contributed by atoms with Crippen LogP contribution in [0.2, 0.25) is 0 Å². The van der Waals surface area contributed by atoms with Crippen LogP contribution in [-0.2, 0) is 6.42 Å². The first-order chi connectivity index (χ1) is 16.0. The molecule has 5 N–H and O–H groups in total. The van der Waals surface area contributed by atoms with Crippen LogP contribution in [0.4, 0.5) is 0 Å². The standard InChI is InChI=1S/C15H12O4.C9H6O6/c16-14(17)12-5-1-10(2-6-12)9-11-3-7-13(8-4-11)15(18)19;10-7(11)4-1-5(8(12)13)3-6(2-4)9(14)15/h1-8H,9H2,(H,16,17)(H,18,19);1-3H,(H,10,11)(H,12,13)(H,14,15). The molecule has 0 amide bonds. The first-order valence-electron chi connectivity index (χ1n) is 9.47. The van der Waals surface area contributed by atoms with Crippen molar-refractivity contribution in [3.8, 4) is 0 Å². The van der Waals surface area contributed by atoms with Crippen LogP contribution in [0.1, 0.15) is 62.9 Å². The highest BCUT2D eigenvalue weighted by molar-refractivity contribution is 5.99. The summed E-state index contributed by atoms with van der Waals surface area (Å²) in [5, 5.41) is 43.4. The molecule has 174 valence electrons. The van der Waals surface area contributed by atoms with E-state index >= 15 is 0 Å². The maximum Gasteiger partial charge on any atom is 0.335 e. The van der Waals surface area contributed by atoms with E-state index in [4.69, 9.17) is 25.5 Å². The fourth-order valence-corrected chi connectivity index (χ4v) is 2.76. The zero-order valence-electron chi connectivity index (χ0n) is 17.3. The molecule has 0 spiro atoms. The molecule has 3 aromatic rings. The molecule has 0 heterocycles. The van der Waals surface area contributed by atoms with Crippen LogP contribution in [0.3, 0.4) is 0 Å². The Morgan fingerprint density at radius 3 is 0.853 bits per heavy atom. The number of rotatable bonds is 7. The summed E-state index contributed by atoms with van der Waals surface area (Å²) in [4.78, 5) is 53.1. The van der Waals surface area contributed by atoms with Crippen molar-refractivity contribution in [2.45, 2.75) is 6.42 Å². The first kappa shape index (κ1) is 25.3. The summed E-state index contributed by atoms with van der Waals surface area (Å²) in [5.74, 6) is -6.02. The van der Waals surface area contributed by atoms with Crippen molar-refractivity contribution in [3.05, 3.63) is 106 Å². The largest absolute Gasteiger partial charge is 0.478 e. The Bertz CT molecular complexity index is 1110. The van der Waals surface area contributed by atoms with Gasteiger partial charge in [0.25, 0.3) is 0 Å². The minimum absolute atomic E-state index is 0.255. The highest BCUT2D eigenvalue weighted by Gasteiger charge is 2.14. The third-order valence-corrected chi connectivity index (χ3v) is 4.48. The molecule has 10 nitrogen and oxygen atoms in total. The molecule has 0 aliphatic heterocycles. The van der Waals surface area contributed by atoms with Gasteiger partial charge in [0.15, 0.2) is 0 Å². The van der Waals surface area contributed by atoms with Gasteiger partial charge in [0.1, 0.15) is 0 Å². The van der Waals surface area contributed by atoms with Gasteiger partial charge in [0, 0.05) is 0 Å². The van der Waals surface area contributed by atoms with E-state index in [-0.39, 0.29) is 27.8 Å². The maximum absolute atomic E-state index is 10.7. The minimum Gasteiger partial charge on any atom is -0.478 e. The lowest BCUT2D eigenvalue weighted by atomic mass is 10.0. The molecule has 0 aromatic heterocycles. The number of carbonyl (C=O) groups is 5. The van der Waals surface area contributed by atoms with Crippen LogP contribution >= 0.6 is 0 Å². The quantitative estimate of drug-likeness (QED) is 0.345. The van der Waals surface area contributed by atoms with Gasteiger partial charge in [0.2, 0.25) is 0 Å². The van der Waals surface area contributed by atoms with E-state index in [1.165, 1.54) is 0 Å². The Kier molecular flexibility index (Phi) is 8.21. The molecule has 0 aliphatic carbocycles. The second-order valence-corrected chi connectivity index (χ2v) is 6.90. The van der Waals surface area contributed by atoms with Gasteiger partial charge in [0.05, 0.1) is 27.8 Å². The summed E-state index contributed by atoms with van der Waals surface area (Å²) < 4.78 is 0. The maximum atomic E-state index is 10.7. The summed E-state index contributed by atoms with van der Waals surface area (Å²) in [6.45, 7) is 0. The second-order valence-electron chi connectivity index (χ2n) is 6.90. The van der Waals surface area contributed by atoms with Crippen molar-refractivity contribution in [1.82, 2.24) is 0 Å². The van der Waals surface area contributed by atoms with Crippen molar-refractivity contribution >= 4 is 29.8 Å². The Labute approximate surface area is 192 Å². The molecule has 0 saturated carbocycles. The van der Waals surface area contributed by atoms with E-state index in [1.807, 2.05) is 0 Å². The molecule has 34 heavy (non-hydrogen) atoms. The molecular formula is C24H18O10. The average molecular weight is 466 g/mol. The molecule has 0 aliphatic rings. The second kappa shape index (κ2) is 11.0. The summed E-state index contributed by atoms with van der Waals surface area (Å²) in [6.07, 6.45) is 0.639. The third-order valence-electron chi connectivity index (χ3n) is 4.48. The third kappa shape index (κ3) is 7.02. The van der Waals surface area contributed by atoms with Crippen molar-refractivity contribution in [3.63, 3.8) is 0 Å². The lowest BCUT2D eigenvalue weighted by Gasteiger charge is -2.03. The Morgan fingerprint density at radius 1 is 0.412 bits per heavy atom. The van der Waals surface area contributed by atoms with E-state index in [2.05, 4.69) is 0 Å². The lowest BCUT2D eigenvalue weighted by Crippen LogP contribution is -2.07. The van der Waals surface area contributed by atoms with Crippen LogP contribution in [0.5, 0.6) is 0 Å². The van der Waals surface area contributed by atoms with Crippen LogP contribution in [-0.4, -0.2) is 55.4 Å². The fourth-order valence-electron chi connectivity index (χ4n) is 2.76. The fraction of sp³-hybridized carbons (Fsp3) is 0.0417. The molecule has 0 saturated heterocycles. The van der Waals surface area contributed by atoms with Gasteiger partial charge >= 0.3 is 29.8 Å². The molecule has 0 unspecified atom stereocenters. The molecule has 0 bridgehead atoms. The van der Waals surface area contributed by atoms with Crippen LogP contribution in [0.25, 0.3) is 0 Å². The molecule has 0 fully saturated rings. The van der Waals surface area contributed by atoms with E-state index in [0.29, 0.717) is 6.42 Å². The zero-order chi connectivity index (χ0) is 25.4. The molecule has 10 heteroatoms. The number of benzene rings is 3. The van der Waals surface area contributed by atoms with Gasteiger partial charge < -0.3 is 25.5 Å². The summed E-state index contributed by atoms with van der Waals surface area (Å²) in [6, 6.07) is 16.0. The number of carboxylic acids is 5. The predicted molar refractivity (Wildman–Crippen MR) is 117 cm³/mol. The van der Waals surface area contributed by atoms with Gasteiger partial charge in [-0.15, -0.1) is 0 Å². The van der Waals surface area contributed by atoms with Crippen molar-refractivity contribution < 1.29 is 49.5 Å². The summed E-state index contributed by atoms with van der Waals surface area (Å²) in [5.41, 5.74) is 1.36. The van der Waals surface area contributed by atoms with Gasteiger partial charge in [-0.05, 0) is 60.0 Å². The van der Waals surface area contributed by atoms with Crippen LogP contribution in [0.15, 0.2) is 66.7 Å². The monoisotopic (exact) mass is 466 g/mol. The first-order valence-corrected chi connectivity index (χ1v) is 9.47. The van der Waals surface area contributed by atoms with Gasteiger partial charge in [-0.2, -0.15) is 0 Å². The van der Waals surface area contributed by atoms with Crippen molar-refractivity contribution in [1.29, 1.82) is 0 Å². The highest BCUT2D eigenvalue weighted by Crippen LogP contribution is 2.13. The van der Waals surface area contributed by atoms with Gasteiger partial charge in [-0.1, -0.05) is 24.3 Å². The van der Waals surface area contributed by atoms with E-state index in [1.54, 1.807) is 48.5 Å². The van der Waals surface area contributed by atoms with Crippen LogP contribution < -0.4 is 0 Å². The highest BCUT2D eigenvalue weighted by atomic mass is 16.4. The molecule has 3 rings (SSSR count). The molecule has 3 aromatic carbocycles. The Balaban J connectivity index is 0.000000248. The average Bonchev–Trinajstić information content (AvgIpc) is 2.79. The smallest absolute Gasteiger partial charge is 0.335 e. The Morgan fingerprint density at radius 2 is 0.647 bits per heavy atom. The lowest BCUT2D eigenvalue weighted by molar-refractivity contribution is 0.0676.